The molecule has 1 aromatic carbocycles. The van der Waals surface area contributed by atoms with Crippen molar-refractivity contribution in [1.29, 1.82) is 0 Å². The highest BCUT2D eigenvalue weighted by Crippen LogP contribution is 2.35. The van der Waals surface area contributed by atoms with Gasteiger partial charge in [-0.1, -0.05) is 0 Å². The van der Waals surface area contributed by atoms with Crippen LogP contribution in [0.5, 0.6) is 11.5 Å². The summed E-state index contributed by atoms with van der Waals surface area (Å²) in [5.41, 5.74) is 1.70. The Labute approximate surface area is 119 Å². The maximum Gasteiger partial charge on any atom is 0.184 e. The topological polar surface area (TPSA) is 72.9 Å². The molecule has 20 heavy (non-hydrogen) atoms. The van der Waals surface area contributed by atoms with Crippen LogP contribution in [0.4, 0.5) is 0 Å². The zero-order valence-electron chi connectivity index (χ0n) is 11.0. The van der Waals surface area contributed by atoms with Crippen molar-refractivity contribution in [1.82, 2.24) is 20.2 Å². The molecule has 0 radical (unpaired) electrons. The summed E-state index contributed by atoms with van der Waals surface area (Å²) in [6.45, 7) is 0. The lowest BCUT2D eigenvalue weighted by atomic mass is 10.1. The van der Waals surface area contributed by atoms with Crippen molar-refractivity contribution < 1.29 is 9.47 Å². The molecule has 0 saturated carbocycles. The monoisotopic (exact) mass is 288 g/mol. The molecule has 0 fully saturated rings. The molecule has 3 aromatic rings. The molecule has 0 atom stereocenters. The fourth-order valence-electron chi connectivity index (χ4n) is 1.83. The van der Waals surface area contributed by atoms with E-state index >= 15 is 0 Å². The predicted octanol–water partition coefficient (Wildman–Crippen LogP) is 2.61. The number of aromatic amines is 1. The first-order valence-corrected chi connectivity index (χ1v) is 6.73. The number of hydrogen-bond donors (Lipinski definition) is 1. The minimum absolute atomic E-state index is 0.656. The number of ether oxygens (including phenoxy) is 2. The molecule has 0 aliphatic carbocycles. The Morgan fingerprint density at radius 1 is 1.20 bits per heavy atom. The van der Waals surface area contributed by atoms with Crippen molar-refractivity contribution in [3.8, 4) is 33.6 Å². The van der Waals surface area contributed by atoms with Gasteiger partial charge >= 0.3 is 0 Å². The number of nitrogens with one attached hydrogen (secondary N) is 1. The van der Waals surface area contributed by atoms with E-state index in [4.69, 9.17) is 9.47 Å². The molecule has 0 spiro atoms. The predicted molar refractivity (Wildman–Crippen MR) is 76.0 cm³/mol. The Kier molecular flexibility index (Phi) is 3.34. The molecular formula is C13H12N4O2S. The smallest absolute Gasteiger partial charge is 0.184 e. The van der Waals surface area contributed by atoms with Crippen molar-refractivity contribution >= 4 is 11.3 Å². The Hall–Kier alpha value is -2.41. The van der Waals surface area contributed by atoms with Crippen LogP contribution in [0, 0.1) is 0 Å². The zero-order chi connectivity index (χ0) is 13.9. The quantitative estimate of drug-likeness (QED) is 0.799. The second-order valence-electron chi connectivity index (χ2n) is 3.94. The second kappa shape index (κ2) is 5.30. The molecule has 2 heterocycles. The first-order chi connectivity index (χ1) is 9.81. The van der Waals surface area contributed by atoms with Crippen molar-refractivity contribution in [2.24, 2.45) is 0 Å². The van der Waals surface area contributed by atoms with E-state index in [0.717, 1.165) is 27.8 Å². The minimum atomic E-state index is 0.656. The third-order valence-electron chi connectivity index (χ3n) is 2.80. The van der Waals surface area contributed by atoms with Gasteiger partial charge in [-0.2, -0.15) is 5.10 Å². The average Bonchev–Trinajstić information content (AvgIpc) is 3.17. The molecule has 6 nitrogen and oxygen atoms in total. The summed E-state index contributed by atoms with van der Waals surface area (Å²) in [5, 5.41) is 9.36. The molecule has 2 aromatic heterocycles. The van der Waals surface area contributed by atoms with Gasteiger partial charge in [-0.3, -0.25) is 5.10 Å². The summed E-state index contributed by atoms with van der Waals surface area (Å²) < 4.78 is 10.6. The van der Waals surface area contributed by atoms with Gasteiger partial charge in [-0.25, -0.2) is 9.97 Å². The molecule has 0 aliphatic heterocycles. The summed E-state index contributed by atoms with van der Waals surface area (Å²) >= 11 is 1.49. The van der Waals surface area contributed by atoms with Gasteiger partial charge in [0.05, 0.1) is 19.9 Å². The van der Waals surface area contributed by atoms with Gasteiger partial charge in [0.25, 0.3) is 0 Å². The number of aromatic nitrogens is 4. The fraction of sp³-hybridized carbons (Fsp3) is 0.154. The molecule has 0 saturated heterocycles. The Morgan fingerprint density at radius 2 is 2.10 bits per heavy atom. The summed E-state index contributed by atoms with van der Waals surface area (Å²) in [4.78, 5) is 8.65. The third kappa shape index (κ3) is 2.23. The van der Waals surface area contributed by atoms with E-state index in [1.54, 1.807) is 14.2 Å². The average molecular weight is 288 g/mol. The lowest BCUT2D eigenvalue weighted by molar-refractivity contribution is 0.404. The van der Waals surface area contributed by atoms with E-state index in [1.165, 1.54) is 17.7 Å². The van der Waals surface area contributed by atoms with Gasteiger partial charge in [0.1, 0.15) is 17.8 Å². The first kappa shape index (κ1) is 12.6. The van der Waals surface area contributed by atoms with Gasteiger partial charge in [0, 0.05) is 10.9 Å². The highest BCUT2D eigenvalue weighted by Gasteiger charge is 2.13. The van der Waals surface area contributed by atoms with Crippen LogP contribution < -0.4 is 9.47 Å². The third-order valence-corrected chi connectivity index (χ3v) is 3.65. The van der Waals surface area contributed by atoms with Crippen LogP contribution in [0.2, 0.25) is 0 Å². The molecule has 0 bridgehead atoms. The number of H-pyrrole nitrogens is 1. The van der Waals surface area contributed by atoms with Crippen LogP contribution in [0.3, 0.4) is 0 Å². The zero-order valence-corrected chi connectivity index (χ0v) is 11.8. The van der Waals surface area contributed by atoms with Crippen LogP contribution >= 0.6 is 11.3 Å². The number of nitrogens with zero attached hydrogens (tertiary/aromatic N) is 3. The van der Waals surface area contributed by atoms with E-state index in [0.29, 0.717) is 5.82 Å². The summed E-state index contributed by atoms with van der Waals surface area (Å²) in [5.74, 6) is 2.17. The summed E-state index contributed by atoms with van der Waals surface area (Å²) in [6, 6.07) is 5.62. The largest absolute Gasteiger partial charge is 0.497 e. The molecule has 1 N–H and O–H groups in total. The van der Waals surface area contributed by atoms with Gasteiger partial charge in [0.2, 0.25) is 0 Å². The molecule has 7 heteroatoms. The van der Waals surface area contributed by atoms with E-state index in [9.17, 15) is 0 Å². The molecule has 0 amide bonds. The normalized spacial score (nSPS) is 10.5. The highest BCUT2D eigenvalue weighted by atomic mass is 32.1. The summed E-state index contributed by atoms with van der Waals surface area (Å²) in [6.07, 6.45) is 1.46. The van der Waals surface area contributed by atoms with Gasteiger partial charge in [0.15, 0.2) is 10.8 Å². The Bertz CT molecular complexity index is 709. The lowest BCUT2D eigenvalue weighted by Gasteiger charge is -2.08. The van der Waals surface area contributed by atoms with E-state index < -0.39 is 0 Å². The number of thiazole rings is 1. The van der Waals surface area contributed by atoms with E-state index in [-0.39, 0.29) is 0 Å². The van der Waals surface area contributed by atoms with Crippen LogP contribution in [0.15, 0.2) is 29.9 Å². The standard InChI is InChI=1S/C13H12N4O2S/c1-18-8-3-4-11(19-2)9(5-8)10-6-20-13(16-10)12-14-7-15-17-12/h3-7H,1-2H3,(H,14,15,17). The SMILES string of the molecule is COc1ccc(OC)c(-c2csc(-c3ncn[nH]3)n2)c1. The van der Waals surface area contributed by atoms with Crippen molar-refractivity contribution in [2.75, 3.05) is 14.2 Å². The lowest BCUT2D eigenvalue weighted by Crippen LogP contribution is -1.90. The van der Waals surface area contributed by atoms with E-state index in [1.807, 2.05) is 23.6 Å². The summed E-state index contributed by atoms with van der Waals surface area (Å²) in [7, 11) is 3.27. The number of methoxy groups -OCH3 is 2. The van der Waals surface area contributed by atoms with Gasteiger partial charge in [-0.05, 0) is 18.2 Å². The van der Waals surface area contributed by atoms with Crippen molar-refractivity contribution in [2.45, 2.75) is 0 Å². The van der Waals surface area contributed by atoms with Crippen molar-refractivity contribution in [3.05, 3.63) is 29.9 Å². The maximum absolute atomic E-state index is 5.37. The van der Waals surface area contributed by atoms with Gasteiger partial charge < -0.3 is 9.47 Å². The first-order valence-electron chi connectivity index (χ1n) is 5.85. The number of hydrogen-bond acceptors (Lipinski definition) is 6. The maximum atomic E-state index is 5.37. The Balaban J connectivity index is 2.04. The highest BCUT2D eigenvalue weighted by molar-refractivity contribution is 7.13. The molecular weight excluding hydrogens is 276 g/mol. The molecule has 3 rings (SSSR count). The van der Waals surface area contributed by atoms with Crippen LogP contribution in [-0.2, 0) is 0 Å². The van der Waals surface area contributed by atoms with Crippen LogP contribution in [0.1, 0.15) is 0 Å². The van der Waals surface area contributed by atoms with E-state index in [2.05, 4.69) is 20.2 Å². The Morgan fingerprint density at radius 3 is 2.80 bits per heavy atom. The second-order valence-corrected chi connectivity index (χ2v) is 4.80. The number of rotatable bonds is 4. The van der Waals surface area contributed by atoms with Gasteiger partial charge in [-0.15, -0.1) is 11.3 Å². The molecule has 0 aliphatic rings. The molecule has 102 valence electrons. The minimum Gasteiger partial charge on any atom is -0.497 e. The number of benzene rings is 1. The molecule has 0 unspecified atom stereocenters. The van der Waals surface area contributed by atoms with Crippen molar-refractivity contribution in [3.63, 3.8) is 0 Å². The van der Waals surface area contributed by atoms with Crippen LogP contribution in [-0.4, -0.2) is 34.4 Å². The van der Waals surface area contributed by atoms with Crippen LogP contribution in [0.25, 0.3) is 22.1 Å². The fourth-order valence-corrected chi connectivity index (χ4v) is 2.59.